The molecule has 7 heteroatoms. The quantitative estimate of drug-likeness (QED) is 0.489. The first-order valence-corrected chi connectivity index (χ1v) is 11.5. The van der Waals surface area contributed by atoms with Crippen molar-refractivity contribution < 1.29 is 4.79 Å². The molecule has 0 spiro atoms. The lowest BCUT2D eigenvalue weighted by Crippen LogP contribution is -2.34. The van der Waals surface area contributed by atoms with E-state index < -0.39 is 0 Å². The summed E-state index contributed by atoms with van der Waals surface area (Å²) in [7, 11) is 0. The molecule has 1 N–H and O–H groups in total. The summed E-state index contributed by atoms with van der Waals surface area (Å²) in [5, 5.41) is 4.39. The summed E-state index contributed by atoms with van der Waals surface area (Å²) in [6, 6.07) is 0.170. The zero-order valence-corrected chi connectivity index (χ0v) is 18.9. The molecule has 1 amide bonds. The van der Waals surface area contributed by atoms with Gasteiger partial charge >= 0.3 is 0 Å². The van der Waals surface area contributed by atoms with Crippen LogP contribution in [0.15, 0.2) is 9.95 Å². The molecule has 0 aliphatic rings. The van der Waals surface area contributed by atoms with Crippen molar-refractivity contribution in [3.05, 3.63) is 20.8 Å². The average Bonchev–Trinajstić information content (AvgIpc) is 2.87. The third-order valence-corrected chi connectivity index (χ3v) is 6.81. The highest BCUT2D eigenvalue weighted by Crippen LogP contribution is 2.28. The fraction of sp³-hybridized carbons (Fsp3) is 0.650. The lowest BCUT2D eigenvalue weighted by molar-refractivity contribution is -0.119. The summed E-state index contributed by atoms with van der Waals surface area (Å²) in [5.41, 5.74) is 1.01. The third kappa shape index (κ3) is 5.57. The number of fused-ring (bicyclic) bond motifs is 1. The lowest BCUT2D eigenvalue weighted by Gasteiger charge is -2.15. The second-order valence-electron chi connectivity index (χ2n) is 7.49. The van der Waals surface area contributed by atoms with Crippen LogP contribution in [0.4, 0.5) is 0 Å². The van der Waals surface area contributed by atoms with Gasteiger partial charge in [-0.1, -0.05) is 38.5 Å². The number of amides is 1. The number of hydrogen-bond donors (Lipinski definition) is 1. The molecule has 0 unspecified atom stereocenters. The SMILES string of the molecule is CCn1c(SCC(=O)N[C@@H](C)CCCC(C)C)nc2sc(C)c(C)c2c1=O. The van der Waals surface area contributed by atoms with Crippen LogP contribution in [0.25, 0.3) is 10.2 Å². The fourth-order valence-corrected chi connectivity index (χ4v) is 4.99. The Labute approximate surface area is 170 Å². The Bertz CT molecular complexity index is 855. The summed E-state index contributed by atoms with van der Waals surface area (Å²) in [6.07, 6.45) is 3.30. The Kier molecular flexibility index (Phi) is 7.91. The Morgan fingerprint density at radius 1 is 1.26 bits per heavy atom. The van der Waals surface area contributed by atoms with Gasteiger partial charge in [-0.2, -0.15) is 0 Å². The summed E-state index contributed by atoms with van der Waals surface area (Å²) in [5.74, 6) is 0.961. The minimum Gasteiger partial charge on any atom is -0.353 e. The van der Waals surface area contributed by atoms with Crippen LogP contribution in [0, 0.1) is 19.8 Å². The minimum absolute atomic E-state index is 0.00527. The first-order chi connectivity index (χ1) is 12.7. The van der Waals surface area contributed by atoms with Gasteiger partial charge in [0.25, 0.3) is 5.56 Å². The monoisotopic (exact) mass is 409 g/mol. The second kappa shape index (κ2) is 9.73. The predicted molar refractivity (Wildman–Crippen MR) is 116 cm³/mol. The Balaban J connectivity index is 2.04. The van der Waals surface area contributed by atoms with Gasteiger partial charge in [-0.25, -0.2) is 4.98 Å². The van der Waals surface area contributed by atoms with Crippen molar-refractivity contribution in [3.8, 4) is 0 Å². The van der Waals surface area contributed by atoms with Crippen LogP contribution in [0.2, 0.25) is 0 Å². The number of thiophene rings is 1. The zero-order chi connectivity index (χ0) is 20.1. The van der Waals surface area contributed by atoms with Crippen LogP contribution in [-0.2, 0) is 11.3 Å². The van der Waals surface area contributed by atoms with Crippen LogP contribution in [0.5, 0.6) is 0 Å². The van der Waals surface area contributed by atoms with Crippen molar-refractivity contribution in [2.24, 2.45) is 5.92 Å². The third-order valence-electron chi connectivity index (χ3n) is 4.73. The van der Waals surface area contributed by atoms with Gasteiger partial charge in [-0.05, 0) is 45.6 Å². The van der Waals surface area contributed by atoms with Crippen molar-refractivity contribution in [2.75, 3.05) is 5.75 Å². The number of carbonyl (C=O) groups is 1. The molecule has 5 nitrogen and oxygen atoms in total. The van der Waals surface area contributed by atoms with E-state index in [9.17, 15) is 9.59 Å². The van der Waals surface area contributed by atoms with Gasteiger partial charge in [-0.15, -0.1) is 11.3 Å². The molecular formula is C20H31N3O2S2. The number of thioether (sulfide) groups is 1. The van der Waals surface area contributed by atoms with Crippen LogP contribution in [0.3, 0.4) is 0 Å². The molecular weight excluding hydrogens is 378 g/mol. The van der Waals surface area contributed by atoms with E-state index in [1.165, 1.54) is 18.2 Å². The number of rotatable bonds is 9. The molecule has 27 heavy (non-hydrogen) atoms. The first kappa shape index (κ1) is 22.0. The van der Waals surface area contributed by atoms with E-state index in [4.69, 9.17) is 0 Å². The average molecular weight is 410 g/mol. The van der Waals surface area contributed by atoms with Crippen molar-refractivity contribution >= 4 is 39.2 Å². The van der Waals surface area contributed by atoms with Gasteiger partial charge in [0.15, 0.2) is 5.16 Å². The van der Waals surface area contributed by atoms with Gasteiger partial charge in [0.2, 0.25) is 5.91 Å². The number of hydrogen-bond acceptors (Lipinski definition) is 5. The number of aryl methyl sites for hydroxylation is 2. The summed E-state index contributed by atoms with van der Waals surface area (Å²) in [4.78, 5) is 31.7. The van der Waals surface area contributed by atoms with Gasteiger partial charge in [0.1, 0.15) is 4.83 Å². The number of nitrogens with zero attached hydrogens (tertiary/aromatic N) is 2. The molecule has 0 fully saturated rings. The molecule has 150 valence electrons. The molecule has 0 bridgehead atoms. The van der Waals surface area contributed by atoms with Crippen LogP contribution in [-0.4, -0.2) is 27.3 Å². The largest absolute Gasteiger partial charge is 0.353 e. The standard InChI is InChI=1S/C20H31N3O2S2/c1-7-23-19(25)17-14(5)15(6)27-18(17)22-20(23)26-11-16(24)21-13(4)10-8-9-12(2)3/h12-13H,7-11H2,1-6H3,(H,21,24)/t13-/m0/s1. The van der Waals surface area contributed by atoms with Crippen molar-refractivity contribution in [2.45, 2.75) is 78.5 Å². The highest BCUT2D eigenvalue weighted by molar-refractivity contribution is 7.99. The maximum Gasteiger partial charge on any atom is 0.263 e. The number of nitrogens with one attached hydrogen (secondary N) is 1. The van der Waals surface area contributed by atoms with E-state index in [-0.39, 0.29) is 23.3 Å². The first-order valence-electron chi connectivity index (χ1n) is 9.67. The van der Waals surface area contributed by atoms with Crippen molar-refractivity contribution in [1.82, 2.24) is 14.9 Å². The molecule has 0 aromatic carbocycles. The number of carbonyl (C=O) groups excluding carboxylic acids is 1. The van der Waals surface area contributed by atoms with Gasteiger partial charge in [0, 0.05) is 17.5 Å². The highest BCUT2D eigenvalue weighted by Gasteiger charge is 2.17. The molecule has 2 rings (SSSR count). The van der Waals surface area contributed by atoms with E-state index in [2.05, 4.69) is 24.1 Å². The molecule has 2 heterocycles. The highest BCUT2D eigenvalue weighted by atomic mass is 32.2. The van der Waals surface area contributed by atoms with Crippen LogP contribution < -0.4 is 10.9 Å². The summed E-state index contributed by atoms with van der Waals surface area (Å²) < 4.78 is 1.67. The predicted octanol–water partition coefficient (Wildman–Crippen LogP) is 4.52. The van der Waals surface area contributed by atoms with E-state index in [1.54, 1.807) is 15.9 Å². The topological polar surface area (TPSA) is 64.0 Å². The molecule has 0 aliphatic heterocycles. The maximum atomic E-state index is 12.8. The normalized spacial score (nSPS) is 12.7. The molecule has 0 aliphatic carbocycles. The Morgan fingerprint density at radius 2 is 1.96 bits per heavy atom. The number of aromatic nitrogens is 2. The summed E-state index contributed by atoms with van der Waals surface area (Å²) in [6.45, 7) is 12.9. The smallest absolute Gasteiger partial charge is 0.263 e. The molecule has 1 atom stereocenters. The maximum absolute atomic E-state index is 12.8. The molecule has 2 aromatic rings. The van der Waals surface area contributed by atoms with E-state index in [0.29, 0.717) is 23.0 Å². The lowest BCUT2D eigenvalue weighted by atomic mass is 10.0. The van der Waals surface area contributed by atoms with Crippen LogP contribution >= 0.6 is 23.1 Å². The fourth-order valence-electron chi connectivity index (χ4n) is 3.05. The van der Waals surface area contributed by atoms with Gasteiger partial charge in [0.05, 0.1) is 11.1 Å². The van der Waals surface area contributed by atoms with Crippen LogP contribution in [0.1, 0.15) is 57.4 Å². The summed E-state index contributed by atoms with van der Waals surface area (Å²) >= 11 is 2.89. The molecule has 0 radical (unpaired) electrons. The van der Waals surface area contributed by atoms with E-state index in [0.717, 1.165) is 28.1 Å². The molecule has 2 aromatic heterocycles. The zero-order valence-electron chi connectivity index (χ0n) is 17.2. The van der Waals surface area contributed by atoms with Gasteiger partial charge < -0.3 is 5.32 Å². The van der Waals surface area contributed by atoms with Crippen molar-refractivity contribution in [3.63, 3.8) is 0 Å². The van der Waals surface area contributed by atoms with Gasteiger partial charge in [-0.3, -0.25) is 14.2 Å². The molecule has 0 saturated carbocycles. The van der Waals surface area contributed by atoms with E-state index >= 15 is 0 Å². The minimum atomic E-state index is -0.00686. The van der Waals surface area contributed by atoms with Crippen molar-refractivity contribution in [1.29, 1.82) is 0 Å². The Morgan fingerprint density at radius 3 is 2.59 bits per heavy atom. The second-order valence-corrected chi connectivity index (χ2v) is 9.63. The van der Waals surface area contributed by atoms with E-state index in [1.807, 2.05) is 27.7 Å². The molecule has 0 saturated heterocycles. The Hall–Kier alpha value is -1.34.